The summed E-state index contributed by atoms with van der Waals surface area (Å²) in [5.74, 6) is 0.316. The largest absolute Gasteiger partial charge is 0.494 e. The van der Waals surface area contributed by atoms with Crippen LogP contribution >= 0.6 is 0 Å². The Kier molecular flexibility index (Phi) is 4.81. The molecule has 2 saturated heterocycles. The summed E-state index contributed by atoms with van der Waals surface area (Å²) in [5, 5.41) is 0. The molecular formula is C19H27FN2O2. The highest BCUT2D eigenvalue weighted by atomic mass is 19.1. The zero-order valence-corrected chi connectivity index (χ0v) is 14.8. The molecule has 0 N–H and O–H groups in total. The number of carbonyl (C=O) groups excluding carboxylic acids is 1. The lowest BCUT2D eigenvalue weighted by atomic mass is 9.86. The zero-order valence-electron chi connectivity index (χ0n) is 14.8. The van der Waals surface area contributed by atoms with Gasteiger partial charge in [-0.25, -0.2) is 4.39 Å². The summed E-state index contributed by atoms with van der Waals surface area (Å²) in [4.78, 5) is 16.6. The minimum atomic E-state index is -0.307. The molecule has 5 heteroatoms. The van der Waals surface area contributed by atoms with Gasteiger partial charge in [0.05, 0.1) is 7.11 Å². The van der Waals surface area contributed by atoms with Crippen molar-refractivity contribution in [3.8, 4) is 5.75 Å². The van der Waals surface area contributed by atoms with Gasteiger partial charge >= 0.3 is 0 Å². The molecule has 24 heavy (non-hydrogen) atoms. The number of nitrogens with zero attached hydrogens (tertiary/aromatic N) is 2. The molecule has 1 aromatic rings. The lowest BCUT2D eigenvalue weighted by molar-refractivity contribution is -0.133. The van der Waals surface area contributed by atoms with E-state index >= 15 is 0 Å². The first-order chi connectivity index (χ1) is 11.4. The van der Waals surface area contributed by atoms with Crippen LogP contribution in [0.3, 0.4) is 0 Å². The SMILES string of the molecule is COc1ccc(CN2CC[C@]3(CCN(C(=O)C(C)C)C3)C2)cc1F. The second kappa shape index (κ2) is 6.71. The standard InChI is InChI=1S/C19H27FN2O2/c1-14(2)18(23)22-9-7-19(13-22)6-8-21(12-19)11-15-4-5-17(24-3)16(20)10-15/h4-5,10,14H,6-9,11-13H2,1-3H3/t19-/m0/s1. The molecule has 0 saturated carbocycles. The average Bonchev–Trinajstić information content (AvgIpc) is 3.14. The molecule has 3 rings (SSSR count). The average molecular weight is 334 g/mol. The second-order valence-electron chi connectivity index (χ2n) is 7.59. The van der Waals surface area contributed by atoms with Gasteiger partial charge in [-0.05, 0) is 37.1 Å². The molecule has 1 atom stereocenters. The maximum absolute atomic E-state index is 13.8. The molecule has 2 fully saturated rings. The predicted molar refractivity (Wildman–Crippen MR) is 91.3 cm³/mol. The molecule has 2 heterocycles. The Morgan fingerprint density at radius 3 is 2.71 bits per heavy atom. The summed E-state index contributed by atoms with van der Waals surface area (Å²) in [6.45, 7) is 8.43. The van der Waals surface area contributed by atoms with Crippen molar-refractivity contribution >= 4 is 5.91 Å². The van der Waals surface area contributed by atoms with Crippen LogP contribution in [0.5, 0.6) is 5.75 Å². The van der Waals surface area contributed by atoms with Gasteiger partial charge in [0.1, 0.15) is 0 Å². The summed E-state index contributed by atoms with van der Waals surface area (Å²) in [6, 6.07) is 5.18. The molecule has 132 valence electrons. The number of carbonyl (C=O) groups is 1. The Morgan fingerprint density at radius 2 is 2.04 bits per heavy atom. The van der Waals surface area contributed by atoms with Gasteiger partial charge in [0.25, 0.3) is 0 Å². The van der Waals surface area contributed by atoms with Gasteiger partial charge in [0.15, 0.2) is 11.6 Å². The van der Waals surface area contributed by atoms with Gasteiger partial charge in [-0.1, -0.05) is 19.9 Å². The highest BCUT2D eigenvalue weighted by Gasteiger charge is 2.44. The van der Waals surface area contributed by atoms with E-state index in [-0.39, 0.29) is 28.8 Å². The molecule has 0 bridgehead atoms. The highest BCUT2D eigenvalue weighted by molar-refractivity contribution is 5.78. The van der Waals surface area contributed by atoms with Crippen LogP contribution in [0.1, 0.15) is 32.3 Å². The van der Waals surface area contributed by atoms with Crippen molar-refractivity contribution in [2.24, 2.45) is 11.3 Å². The van der Waals surface area contributed by atoms with Crippen molar-refractivity contribution < 1.29 is 13.9 Å². The van der Waals surface area contributed by atoms with Crippen LogP contribution in [0.15, 0.2) is 18.2 Å². The molecule has 4 nitrogen and oxygen atoms in total. The molecule has 1 spiro atoms. The van der Waals surface area contributed by atoms with Crippen LogP contribution < -0.4 is 4.74 Å². The predicted octanol–water partition coefficient (Wildman–Crippen LogP) is 2.91. The Balaban J connectivity index is 1.60. The Hall–Kier alpha value is -1.62. The number of benzene rings is 1. The third-order valence-electron chi connectivity index (χ3n) is 5.38. The van der Waals surface area contributed by atoms with Gasteiger partial charge in [0.2, 0.25) is 5.91 Å². The van der Waals surface area contributed by atoms with Crippen molar-refractivity contribution in [1.82, 2.24) is 9.80 Å². The topological polar surface area (TPSA) is 32.8 Å². The van der Waals surface area contributed by atoms with Crippen molar-refractivity contribution in [2.45, 2.75) is 33.2 Å². The number of halogens is 1. The second-order valence-corrected chi connectivity index (χ2v) is 7.59. The van der Waals surface area contributed by atoms with Crippen molar-refractivity contribution in [3.05, 3.63) is 29.6 Å². The minimum absolute atomic E-state index is 0.0694. The molecule has 2 aliphatic rings. The van der Waals surface area contributed by atoms with Crippen LogP contribution in [0.2, 0.25) is 0 Å². The van der Waals surface area contributed by atoms with Gasteiger partial charge in [-0.3, -0.25) is 9.69 Å². The van der Waals surface area contributed by atoms with Crippen molar-refractivity contribution in [2.75, 3.05) is 33.3 Å². The van der Waals surface area contributed by atoms with E-state index < -0.39 is 0 Å². The fourth-order valence-electron chi connectivity index (χ4n) is 4.05. The van der Waals surface area contributed by atoms with E-state index in [1.54, 1.807) is 12.1 Å². The number of hydrogen-bond acceptors (Lipinski definition) is 3. The number of rotatable bonds is 4. The zero-order chi connectivity index (χ0) is 17.3. The lowest BCUT2D eigenvalue weighted by Crippen LogP contribution is -2.36. The monoisotopic (exact) mass is 334 g/mol. The molecule has 0 radical (unpaired) electrons. The van der Waals surface area contributed by atoms with Crippen LogP contribution in [0.25, 0.3) is 0 Å². The third-order valence-corrected chi connectivity index (χ3v) is 5.38. The minimum Gasteiger partial charge on any atom is -0.494 e. The third kappa shape index (κ3) is 3.41. The quantitative estimate of drug-likeness (QED) is 0.849. The van der Waals surface area contributed by atoms with Gasteiger partial charge in [0, 0.05) is 37.5 Å². The molecule has 0 aromatic heterocycles. The van der Waals surface area contributed by atoms with Crippen LogP contribution in [-0.2, 0) is 11.3 Å². The Bertz CT molecular complexity index is 619. The molecule has 0 unspecified atom stereocenters. The van der Waals surface area contributed by atoms with E-state index in [1.165, 1.54) is 7.11 Å². The summed E-state index contributed by atoms with van der Waals surface area (Å²) in [6.07, 6.45) is 2.20. The number of methoxy groups -OCH3 is 1. The fourth-order valence-corrected chi connectivity index (χ4v) is 4.05. The number of amides is 1. The van der Waals surface area contributed by atoms with E-state index in [4.69, 9.17) is 4.74 Å². The van der Waals surface area contributed by atoms with E-state index in [0.717, 1.165) is 51.1 Å². The molecule has 1 amide bonds. The Labute approximate surface area is 143 Å². The lowest BCUT2D eigenvalue weighted by Gasteiger charge is -2.25. The molecule has 2 aliphatic heterocycles. The first kappa shape index (κ1) is 17.2. The van der Waals surface area contributed by atoms with Crippen molar-refractivity contribution in [1.29, 1.82) is 0 Å². The van der Waals surface area contributed by atoms with Crippen LogP contribution in [-0.4, -0.2) is 49.0 Å². The fraction of sp³-hybridized carbons (Fsp3) is 0.632. The first-order valence-electron chi connectivity index (χ1n) is 8.76. The summed E-state index contributed by atoms with van der Waals surface area (Å²) in [5.41, 5.74) is 1.20. The Morgan fingerprint density at radius 1 is 1.29 bits per heavy atom. The first-order valence-corrected chi connectivity index (χ1v) is 8.76. The van der Waals surface area contributed by atoms with E-state index in [2.05, 4.69) is 4.90 Å². The summed E-state index contributed by atoms with van der Waals surface area (Å²) < 4.78 is 18.8. The van der Waals surface area contributed by atoms with Gasteiger partial charge < -0.3 is 9.64 Å². The van der Waals surface area contributed by atoms with Gasteiger partial charge in [-0.15, -0.1) is 0 Å². The number of ether oxygens (including phenoxy) is 1. The van der Waals surface area contributed by atoms with E-state index in [1.807, 2.05) is 24.8 Å². The maximum Gasteiger partial charge on any atom is 0.225 e. The summed E-state index contributed by atoms with van der Waals surface area (Å²) in [7, 11) is 1.48. The highest BCUT2D eigenvalue weighted by Crippen LogP contribution is 2.40. The number of likely N-dealkylation sites (tertiary alicyclic amines) is 2. The van der Waals surface area contributed by atoms with Crippen LogP contribution in [0, 0.1) is 17.2 Å². The van der Waals surface area contributed by atoms with Crippen molar-refractivity contribution in [3.63, 3.8) is 0 Å². The molecule has 0 aliphatic carbocycles. The van der Waals surface area contributed by atoms with E-state index in [0.29, 0.717) is 0 Å². The van der Waals surface area contributed by atoms with Gasteiger partial charge in [-0.2, -0.15) is 0 Å². The van der Waals surface area contributed by atoms with Crippen LogP contribution in [0.4, 0.5) is 4.39 Å². The number of hydrogen-bond donors (Lipinski definition) is 0. The normalized spacial score (nSPS) is 24.3. The molecule has 1 aromatic carbocycles. The molecular weight excluding hydrogens is 307 g/mol. The maximum atomic E-state index is 13.8. The summed E-state index contributed by atoms with van der Waals surface area (Å²) >= 11 is 0. The van der Waals surface area contributed by atoms with E-state index in [9.17, 15) is 9.18 Å². The smallest absolute Gasteiger partial charge is 0.225 e.